The summed E-state index contributed by atoms with van der Waals surface area (Å²) in [6.07, 6.45) is 4.56. The van der Waals surface area contributed by atoms with Gasteiger partial charge in [0.25, 0.3) is 5.91 Å². The van der Waals surface area contributed by atoms with E-state index in [4.69, 9.17) is 0 Å². The zero-order chi connectivity index (χ0) is 11.7. The molecule has 2 aliphatic rings. The lowest BCUT2D eigenvalue weighted by Crippen LogP contribution is -2.35. The molecular formula is C13H17N3O. The zero-order valence-corrected chi connectivity index (χ0v) is 9.80. The zero-order valence-electron chi connectivity index (χ0n) is 9.80. The molecule has 3 heterocycles. The summed E-state index contributed by atoms with van der Waals surface area (Å²) in [5.41, 5.74) is 0.756. The highest BCUT2D eigenvalue weighted by molar-refractivity contribution is 5.94. The van der Waals surface area contributed by atoms with Crippen molar-refractivity contribution in [3.8, 4) is 0 Å². The highest BCUT2D eigenvalue weighted by Gasteiger charge is 2.36. The highest BCUT2D eigenvalue weighted by Crippen LogP contribution is 2.28. The predicted octanol–water partition coefficient (Wildman–Crippen LogP) is 0.763. The van der Waals surface area contributed by atoms with Crippen LogP contribution in [0.4, 0.5) is 0 Å². The van der Waals surface area contributed by atoms with Gasteiger partial charge in [0.1, 0.15) is 0 Å². The van der Waals surface area contributed by atoms with E-state index in [2.05, 4.69) is 10.3 Å². The summed E-state index contributed by atoms with van der Waals surface area (Å²) in [6, 6.07) is 3.59. The number of fused-ring (bicyclic) bond motifs is 1. The molecule has 4 nitrogen and oxygen atoms in total. The van der Waals surface area contributed by atoms with Crippen LogP contribution in [-0.4, -0.2) is 42.0 Å². The number of amides is 1. The molecule has 1 amide bonds. The monoisotopic (exact) mass is 231 g/mol. The summed E-state index contributed by atoms with van der Waals surface area (Å²) in [5, 5.41) is 3.41. The summed E-state index contributed by atoms with van der Waals surface area (Å²) in [6.45, 7) is 3.98. The van der Waals surface area contributed by atoms with Gasteiger partial charge in [-0.1, -0.05) is 0 Å². The van der Waals surface area contributed by atoms with Gasteiger partial charge in [-0.05, 0) is 43.5 Å². The number of carbonyl (C=O) groups is 1. The second-order valence-corrected chi connectivity index (χ2v) is 4.96. The van der Waals surface area contributed by atoms with Crippen molar-refractivity contribution >= 4 is 5.91 Å². The van der Waals surface area contributed by atoms with Crippen LogP contribution in [0.1, 0.15) is 16.8 Å². The van der Waals surface area contributed by atoms with Crippen LogP contribution in [0, 0.1) is 11.8 Å². The first kappa shape index (κ1) is 10.7. The molecule has 2 saturated heterocycles. The Kier molecular flexibility index (Phi) is 2.81. The third-order valence-corrected chi connectivity index (χ3v) is 3.89. The van der Waals surface area contributed by atoms with E-state index in [1.807, 2.05) is 4.90 Å². The van der Waals surface area contributed by atoms with Gasteiger partial charge in [-0.3, -0.25) is 9.78 Å². The van der Waals surface area contributed by atoms with E-state index in [-0.39, 0.29) is 5.91 Å². The molecule has 1 N–H and O–H groups in total. The molecule has 0 saturated carbocycles. The van der Waals surface area contributed by atoms with Gasteiger partial charge >= 0.3 is 0 Å². The Bertz CT molecular complexity index is 392. The molecule has 2 fully saturated rings. The second kappa shape index (κ2) is 4.45. The van der Waals surface area contributed by atoms with Crippen molar-refractivity contribution in [2.24, 2.45) is 11.8 Å². The molecule has 1 aromatic rings. The number of piperidine rings is 1. The number of nitrogens with one attached hydrogen (secondary N) is 1. The molecule has 2 atom stereocenters. The van der Waals surface area contributed by atoms with Gasteiger partial charge in [0.15, 0.2) is 0 Å². The van der Waals surface area contributed by atoms with Gasteiger partial charge in [0, 0.05) is 31.0 Å². The SMILES string of the molecule is O=C(c1ccncc1)N1CC2CCNCC2C1. The summed E-state index contributed by atoms with van der Waals surface area (Å²) < 4.78 is 0. The molecular weight excluding hydrogens is 214 g/mol. The smallest absolute Gasteiger partial charge is 0.253 e. The van der Waals surface area contributed by atoms with Crippen LogP contribution >= 0.6 is 0 Å². The van der Waals surface area contributed by atoms with Gasteiger partial charge in [0.05, 0.1) is 0 Å². The largest absolute Gasteiger partial charge is 0.338 e. The van der Waals surface area contributed by atoms with E-state index >= 15 is 0 Å². The standard InChI is InChI=1S/C13H17N3O/c17-13(10-1-4-14-5-2-10)16-8-11-3-6-15-7-12(11)9-16/h1-2,4-5,11-12,15H,3,6-9H2. The molecule has 3 rings (SSSR count). The summed E-state index contributed by atoms with van der Waals surface area (Å²) in [5.74, 6) is 1.50. The van der Waals surface area contributed by atoms with Crippen molar-refractivity contribution < 1.29 is 4.79 Å². The Labute approximate surface area is 101 Å². The topological polar surface area (TPSA) is 45.2 Å². The van der Waals surface area contributed by atoms with Crippen LogP contribution in [0.15, 0.2) is 24.5 Å². The summed E-state index contributed by atoms with van der Waals surface area (Å²) in [4.78, 5) is 18.2. The lowest BCUT2D eigenvalue weighted by molar-refractivity contribution is 0.0784. The Morgan fingerprint density at radius 2 is 2.06 bits per heavy atom. The molecule has 0 spiro atoms. The maximum Gasteiger partial charge on any atom is 0.253 e. The lowest BCUT2D eigenvalue weighted by Gasteiger charge is -2.23. The van der Waals surface area contributed by atoms with Crippen LogP contribution in [0.25, 0.3) is 0 Å². The van der Waals surface area contributed by atoms with Crippen LogP contribution in [0.5, 0.6) is 0 Å². The Balaban J connectivity index is 1.72. The van der Waals surface area contributed by atoms with Crippen molar-refractivity contribution in [1.29, 1.82) is 0 Å². The number of hydrogen-bond acceptors (Lipinski definition) is 3. The van der Waals surface area contributed by atoms with Crippen molar-refractivity contribution in [2.45, 2.75) is 6.42 Å². The summed E-state index contributed by atoms with van der Waals surface area (Å²) in [7, 11) is 0. The van der Waals surface area contributed by atoms with E-state index in [0.717, 1.165) is 31.7 Å². The molecule has 2 aliphatic heterocycles. The molecule has 2 unspecified atom stereocenters. The predicted molar refractivity (Wildman–Crippen MR) is 64.6 cm³/mol. The van der Waals surface area contributed by atoms with Gasteiger partial charge in [-0.2, -0.15) is 0 Å². The first-order valence-corrected chi connectivity index (χ1v) is 6.24. The fraction of sp³-hybridized carbons (Fsp3) is 0.538. The number of pyridine rings is 1. The quantitative estimate of drug-likeness (QED) is 0.776. The first-order valence-electron chi connectivity index (χ1n) is 6.24. The van der Waals surface area contributed by atoms with E-state index in [9.17, 15) is 4.79 Å². The van der Waals surface area contributed by atoms with E-state index in [1.165, 1.54) is 6.42 Å². The first-order chi connectivity index (χ1) is 8.34. The fourth-order valence-corrected chi connectivity index (χ4v) is 2.91. The van der Waals surface area contributed by atoms with Crippen molar-refractivity contribution in [2.75, 3.05) is 26.2 Å². The normalized spacial score (nSPS) is 27.9. The number of nitrogens with zero attached hydrogens (tertiary/aromatic N) is 2. The van der Waals surface area contributed by atoms with Crippen molar-refractivity contribution in [3.63, 3.8) is 0 Å². The molecule has 0 aliphatic carbocycles. The molecule has 17 heavy (non-hydrogen) atoms. The van der Waals surface area contributed by atoms with E-state index < -0.39 is 0 Å². The van der Waals surface area contributed by atoms with Crippen LogP contribution in [-0.2, 0) is 0 Å². The molecule has 0 radical (unpaired) electrons. The van der Waals surface area contributed by atoms with Gasteiger partial charge in [-0.25, -0.2) is 0 Å². The average molecular weight is 231 g/mol. The third-order valence-electron chi connectivity index (χ3n) is 3.89. The van der Waals surface area contributed by atoms with E-state index in [0.29, 0.717) is 11.8 Å². The Morgan fingerprint density at radius 1 is 1.29 bits per heavy atom. The van der Waals surface area contributed by atoms with Gasteiger partial charge in [0.2, 0.25) is 0 Å². The number of aromatic nitrogens is 1. The van der Waals surface area contributed by atoms with E-state index in [1.54, 1.807) is 24.5 Å². The van der Waals surface area contributed by atoms with Gasteiger partial charge < -0.3 is 10.2 Å². The maximum atomic E-state index is 12.3. The van der Waals surface area contributed by atoms with Crippen LogP contribution < -0.4 is 5.32 Å². The molecule has 4 heteroatoms. The number of hydrogen-bond donors (Lipinski definition) is 1. The third kappa shape index (κ3) is 2.05. The fourth-order valence-electron chi connectivity index (χ4n) is 2.91. The number of carbonyl (C=O) groups excluding carboxylic acids is 1. The maximum absolute atomic E-state index is 12.3. The van der Waals surface area contributed by atoms with Gasteiger partial charge in [-0.15, -0.1) is 0 Å². The highest BCUT2D eigenvalue weighted by atomic mass is 16.2. The Hall–Kier alpha value is -1.42. The molecule has 90 valence electrons. The molecule has 0 bridgehead atoms. The summed E-state index contributed by atoms with van der Waals surface area (Å²) >= 11 is 0. The van der Waals surface area contributed by atoms with Crippen LogP contribution in [0.2, 0.25) is 0 Å². The minimum atomic E-state index is 0.154. The second-order valence-electron chi connectivity index (χ2n) is 4.96. The van der Waals surface area contributed by atoms with Crippen LogP contribution in [0.3, 0.4) is 0 Å². The lowest BCUT2D eigenvalue weighted by atomic mass is 9.90. The van der Waals surface area contributed by atoms with Crippen molar-refractivity contribution in [3.05, 3.63) is 30.1 Å². The Morgan fingerprint density at radius 3 is 2.82 bits per heavy atom. The minimum absolute atomic E-state index is 0.154. The number of rotatable bonds is 1. The minimum Gasteiger partial charge on any atom is -0.338 e. The number of likely N-dealkylation sites (tertiary alicyclic amines) is 1. The molecule has 1 aromatic heterocycles. The molecule has 0 aromatic carbocycles. The average Bonchev–Trinajstić information content (AvgIpc) is 2.82. The van der Waals surface area contributed by atoms with Crippen molar-refractivity contribution in [1.82, 2.24) is 15.2 Å².